The van der Waals surface area contributed by atoms with E-state index in [0.29, 0.717) is 10.0 Å². The van der Waals surface area contributed by atoms with Crippen molar-refractivity contribution in [3.05, 3.63) is 95.7 Å². The zero-order valence-electron chi connectivity index (χ0n) is 15.5. The van der Waals surface area contributed by atoms with Gasteiger partial charge in [0.15, 0.2) is 0 Å². The Morgan fingerprint density at radius 1 is 0.935 bits per heavy atom. The summed E-state index contributed by atoms with van der Waals surface area (Å²) >= 11 is 0. The third-order valence-corrected chi connectivity index (χ3v) is 6.29. The van der Waals surface area contributed by atoms with E-state index in [-0.39, 0.29) is 15.8 Å². The molecule has 0 fully saturated rings. The number of ketones is 1. The second-order valence-electron chi connectivity index (χ2n) is 6.57. The number of hydrogen-bond donors (Lipinski definition) is 0. The van der Waals surface area contributed by atoms with Crippen LogP contribution in [-0.2, 0) is 16.2 Å². The van der Waals surface area contributed by atoms with Gasteiger partial charge in [0.1, 0.15) is 17.2 Å². The van der Waals surface area contributed by atoms with Crippen molar-refractivity contribution in [2.75, 3.05) is 0 Å². The fraction of sp³-hybridized carbons (Fsp3) is 0.0476. The van der Waals surface area contributed by atoms with Gasteiger partial charge in [-0.1, -0.05) is 18.2 Å². The molecule has 0 amide bonds. The first kappa shape index (κ1) is 20.7. The van der Waals surface area contributed by atoms with Crippen LogP contribution in [0.4, 0.5) is 17.6 Å². The van der Waals surface area contributed by atoms with E-state index in [9.17, 15) is 30.8 Å². The van der Waals surface area contributed by atoms with Gasteiger partial charge in [-0.2, -0.15) is 13.2 Å². The van der Waals surface area contributed by atoms with Crippen molar-refractivity contribution < 1.29 is 30.8 Å². The molecule has 2 heterocycles. The van der Waals surface area contributed by atoms with Crippen molar-refractivity contribution in [2.45, 2.75) is 11.1 Å². The molecule has 0 aliphatic heterocycles. The molecule has 2 aromatic carbocycles. The van der Waals surface area contributed by atoms with E-state index in [0.717, 1.165) is 30.5 Å². The number of rotatable bonds is 4. The van der Waals surface area contributed by atoms with Gasteiger partial charge in [0.2, 0.25) is 5.78 Å². The molecular formula is C21H12F4N2O3S. The number of alkyl halides is 3. The van der Waals surface area contributed by atoms with Crippen molar-refractivity contribution in [3.63, 3.8) is 0 Å². The van der Waals surface area contributed by atoms with Crippen LogP contribution in [0.5, 0.6) is 0 Å². The van der Waals surface area contributed by atoms with Crippen molar-refractivity contribution >= 4 is 26.7 Å². The van der Waals surface area contributed by atoms with Crippen LogP contribution in [0, 0.1) is 5.82 Å². The maximum Gasteiger partial charge on any atom is 0.433 e. The number of benzene rings is 2. The minimum absolute atomic E-state index is 0.0127. The van der Waals surface area contributed by atoms with E-state index >= 15 is 0 Å². The van der Waals surface area contributed by atoms with Crippen LogP contribution in [0.2, 0.25) is 0 Å². The summed E-state index contributed by atoms with van der Waals surface area (Å²) in [6, 6.07) is 13.2. The lowest BCUT2D eigenvalue weighted by Gasteiger charge is -2.12. The number of hydrogen-bond acceptors (Lipinski definition) is 4. The predicted octanol–water partition coefficient (Wildman–Crippen LogP) is 4.66. The highest BCUT2D eigenvalue weighted by atomic mass is 32.2. The largest absolute Gasteiger partial charge is 0.433 e. The third-order valence-electron chi connectivity index (χ3n) is 4.55. The Labute approximate surface area is 173 Å². The monoisotopic (exact) mass is 448 g/mol. The van der Waals surface area contributed by atoms with Gasteiger partial charge >= 0.3 is 6.18 Å². The van der Waals surface area contributed by atoms with Crippen LogP contribution in [0.3, 0.4) is 0 Å². The summed E-state index contributed by atoms with van der Waals surface area (Å²) in [4.78, 5) is 16.2. The predicted molar refractivity (Wildman–Crippen MR) is 104 cm³/mol. The Morgan fingerprint density at radius 2 is 1.65 bits per heavy atom. The fourth-order valence-electron chi connectivity index (χ4n) is 3.15. The number of carbonyl (C=O) groups is 1. The zero-order valence-corrected chi connectivity index (χ0v) is 16.3. The molecule has 0 radical (unpaired) electrons. The molecule has 10 heteroatoms. The van der Waals surface area contributed by atoms with Crippen LogP contribution in [0.15, 0.2) is 77.8 Å². The van der Waals surface area contributed by atoms with E-state index in [1.54, 1.807) is 6.07 Å². The molecule has 0 saturated carbocycles. The lowest BCUT2D eigenvalue weighted by Crippen LogP contribution is -2.19. The second-order valence-corrected chi connectivity index (χ2v) is 8.36. The topological polar surface area (TPSA) is 69.0 Å². The molecular weight excluding hydrogens is 436 g/mol. The summed E-state index contributed by atoms with van der Waals surface area (Å²) in [7, 11) is -4.32. The number of carbonyl (C=O) groups excluding carboxylic acids is 1. The average Bonchev–Trinajstić information content (AvgIpc) is 3.12. The van der Waals surface area contributed by atoms with Crippen molar-refractivity contribution in [1.29, 1.82) is 0 Å². The minimum Gasteiger partial charge on any atom is -0.287 e. The fourth-order valence-corrected chi connectivity index (χ4v) is 4.68. The number of fused-ring (bicyclic) bond motifs is 1. The molecule has 5 nitrogen and oxygen atoms in total. The van der Waals surface area contributed by atoms with E-state index in [4.69, 9.17) is 0 Å². The Hall–Kier alpha value is -3.53. The summed E-state index contributed by atoms with van der Waals surface area (Å²) in [5, 5.41) is 0.105. The molecule has 0 spiro atoms. The van der Waals surface area contributed by atoms with Crippen molar-refractivity contribution in [2.24, 2.45) is 0 Å². The Bertz CT molecular complexity index is 1410. The maximum absolute atomic E-state index is 13.7. The molecule has 0 N–H and O–H groups in total. The third kappa shape index (κ3) is 3.70. The van der Waals surface area contributed by atoms with Crippen LogP contribution in [-0.4, -0.2) is 23.2 Å². The van der Waals surface area contributed by atoms with Gasteiger partial charge in [0.25, 0.3) is 10.0 Å². The van der Waals surface area contributed by atoms with E-state index in [1.807, 2.05) is 0 Å². The molecule has 4 rings (SSSR count). The lowest BCUT2D eigenvalue weighted by atomic mass is 10.1. The van der Waals surface area contributed by atoms with E-state index < -0.39 is 44.8 Å². The van der Waals surface area contributed by atoms with Gasteiger partial charge in [-0.25, -0.2) is 16.8 Å². The van der Waals surface area contributed by atoms with Gasteiger partial charge in [-0.15, -0.1) is 0 Å². The van der Waals surface area contributed by atoms with Crippen LogP contribution >= 0.6 is 0 Å². The number of halogens is 4. The SMILES string of the molecule is O=C(c1ccnc(C(F)(F)F)c1)c1cc2cc(F)ccc2n1S(=O)(=O)c1ccccc1. The summed E-state index contributed by atoms with van der Waals surface area (Å²) < 4.78 is 80.1. The standard InChI is InChI=1S/C21H12F4N2O3S/c22-15-6-7-17-14(10-15)11-18(27(17)31(29,30)16-4-2-1-3-5-16)20(28)13-8-9-26-19(12-13)21(23,24)25/h1-12H. The molecule has 31 heavy (non-hydrogen) atoms. The number of aromatic nitrogens is 2. The number of nitrogens with zero attached hydrogens (tertiary/aromatic N) is 2. The highest BCUT2D eigenvalue weighted by Gasteiger charge is 2.34. The van der Waals surface area contributed by atoms with Crippen molar-refractivity contribution in [3.8, 4) is 0 Å². The summed E-state index contributed by atoms with van der Waals surface area (Å²) in [6.07, 6.45) is -3.98. The second kappa shape index (κ2) is 7.31. The molecule has 0 atom stereocenters. The molecule has 0 aliphatic rings. The summed E-state index contributed by atoms with van der Waals surface area (Å²) in [5.41, 5.74) is -2.12. The number of pyridine rings is 1. The van der Waals surface area contributed by atoms with Crippen LogP contribution in [0.25, 0.3) is 10.9 Å². The maximum atomic E-state index is 13.7. The van der Waals surface area contributed by atoms with Gasteiger partial charge in [-0.05, 0) is 48.5 Å². The molecule has 2 aromatic heterocycles. The zero-order chi connectivity index (χ0) is 22.4. The van der Waals surface area contributed by atoms with Crippen molar-refractivity contribution in [1.82, 2.24) is 8.96 Å². The smallest absolute Gasteiger partial charge is 0.287 e. The first-order valence-electron chi connectivity index (χ1n) is 8.78. The Balaban J connectivity index is 1.97. The lowest BCUT2D eigenvalue weighted by molar-refractivity contribution is -0.141. The summed E-state index contributed by atoms with van der Waals surface area (Å²) in [6.45, 7) is 0. The Morgan fingerprint density at radius 3 is 2.32 bits per heavy atom. The molecule has 4 aromatic rings. The normalized spacial score (nSPS) is 12.3. The average molecular weight is 448 g/mol. The molecule has 158 valence electrons. The molecule has 0 aliphatic carbocycles. The van der Waals surface area contributed by atoms with Crippen LogP contribution < -0.4 is 0 Å². The highest BCUT2D eigenvalue weighted by Crippen LogP contribution is 2.30. The molecule has 0 unspecified atom stereocenters. The highest BCUT2D eigenvalue weighted by molar-refractivity contribution is 7.90. The first-order valence-corrected chi connectivity index (χ1v) is 10.2. The Kier molecular flexibility index (Phi) is 4.89. The van der Waals surface area contributed by atoms with Gasteiger partial charge in [0, 0.05) is 17.1 Å². The molecule has 0 bridgehead atoms. The van der Waals surface area contributed by atoms with E-state index in [1.165, 1.54) is 30.3 Å². The minimum atomic E-state index is -4.79. The van der Waals surface area contributed by atoms with Gasteiger partial charge in [-0.3, -0.25) is 9.78 Å². The van der Waals surface area contributed by atoms with Gasteiger partial charge in [0.05, 0.1) is 10.4 Å². The summed E-state index contributed by atoms with van der Waals surface area (Å²) in [5.74, 6) is -1.65. The van der Waals surface area contributed by atoms with Gasteiger partial charge < -0.3 is 0 Å². The molecule has 0 saturated heterocycles. The van der Waals surface area contributed by atoms with Crippen LogP contribution in [0.1, 0.15) is 21.7 Å². The first-order chi connectivity index (χ1) is 14.6. The van der Waals surface area contributed by atoms with E-state index in [2.05, 4.69) is 4.98 Å². The quantitative estimate of drug-likeness (QED) is 0.336.